The molecule has 0 amide bonds. The third-order valence-electron chi connectivity index (χ3n) is 0.586. The molecule has 0 bridgehead atoms. The fourth-order valence-electron chi connectivity index (χ4n) is 0.340. The Morgan fingerprint density at radius 2 is 1.70 bits per heavy atom. The summed E-state index contributed by atoms with van der Waals surface area (Å²) in [5, 5.41) is 0. The molecule has 0 spiro atoms. The van der Waals surface area contributed by atoms with Crippen molar-refractivity contribution in [2.75, 3.05) is 0 Å². The molecular formula is C7H7O2Rh. The predicted octanol–water partition coefficient (Wildman–Crippen LogP) is 0.755. The summed E-state index contributed by atoms with van der Waals surface area (Å²) >= 11 is 0. The first-order chi connectivity index (χ1) is 4.50. The zero-order valence-corrected chi connectivity index (χ0v) is 6.88. The Kier molecular flexibility index (Phi) is 38.4. The number of allylic oxidation sites excluding steroid dienone is 4. The van der Waals surface area contributed by atoms with Crippen LogP contribution in [-0.2, 0) is 29.1 Å². The molecule has 0 saturated carbocycles. The summed E-state index contributed by atoms with van der Waals surface area (Å²) < 4.78 is 0. The maximum Gasteiger partial charge on any atom is 3.00 e. The normalized spacial score (nSPS) is 9.60. The summed E-state index contributed by atoms with van der Waals surface area (Å²) in [6.45, 7) is 6.50. The van der Waals surface area contributed by atoms with Crippen LogP contribution < -0.4 is 0 Å². The Bertz CT molecular complexity index is 87.8. The van der Waals surface area contributed by atoms with Gasteiger partial charge in [0.05, 0.1) is 0 Å². The van der Waals surface area contributed by atoms with Crippen molar-refractivity contribution in [3.05, 3.63) is 24.3 Å². The molecule has 0 saturated heterocycles. The van der Waals surface area contributed by atoms with E-state index in [-0.39, 0.29) is 19.5 Å². The average molecular weight is 226 g/mol. The summed E-state index contributed by atoms with van der Waals surface area (Å²) in [5.74, 6) is 0. The molecule has 0 fully saturated rings. The van der Waals surface area contributed by atoms with E-state index >= 15 is 0 Å². The van der Waals surface area contributed by atoms with E-state index in [1.54, 1.807) is 0 Å². The van der Waals surface area contributed by atoms with Crippen molar-refractivity contribution in [2.24, 2.45) is 0 Å². The SMILES string of the molecule is [C-]1=CC=CC1.[CH-]=O.[CH-]=O.[Rh+3]. The van der Waals surface area contributed by atoms with E-state index in [2.05, 4.69) is 25.7 Å². The fourth-order valence-corrected chi connectivity index (χ4v) is 0.340. The Balaban J connectivity index is -0.0000000875. The molecule has 0 radical (unpaired) electrons. The number of rotatable bonds is 0. The minimum atomic E-state index is 0. The Morgan fingerprint density at radius 1 is 1.20 bits per heavy atom. The summed E-state index contributed by atoms with van der Waals surface area (Å²) in [4.78, 5) is 15.5. The van der Waals surface area contributed by atoms with Crippen molar-refractivity contribution in [1.29, 1.82) is 0 Å². The maximum absolute atomic E-state index is 7.75. The van der Waals surface area contributed by atoms with E-state index in [4.69, 9.17) is 9.59 Å². The van der Waals surface area contributed by atoms with Crippen LogP contribution in [0.4, 0.5) is 0 Å². The van der Waals surface area contributed by atoms with E-state index < -0.39 is 0 Å². The van der Waals surface area contributed by atoms with Gasteiger partial charge in [0.25, 0.3) is 0 Å². The number of hydrogen-bond donors (Lipinski definition) is 0. The van der Waals surface area contributed by atoms with Crippen LogP contribution in [0.1, 0.15) is 6.42 Å². The molecule has 3 heteroatoms. The van der Waals surface area contributed by atoms with Crippen molar-refractivity contribution in [1.82, 2.24) is 0 Å². The summed E-state index contributed by atoms with van der Waals surface area (Å²) in [6.07, 6.45) is 10.0. The molecule has 0 aliphatic heterocycles. The second-order valence-electron chi connectivity index (χ2n) is 1.00. The van der Waals surface area contributed by atoms with Crippen molar-refractivity contribution in [2.45, 2.75) is 6.42 Å². The smallest absolute Gasteiger partial charge is 0.545 e. The molecule has 0 atom stereocenters. The minimum Gasteiger partial charge on any atom is -0.545 e. The molecule has 10 heavy (non-hydrogen) atoms. The van der Waals surface area contributed by atoms with Gasteiger partial charge in [-0.25, -0.2) is 12.2 Å². The number of carbonyl (C=O) groups excluding carboxylic acids is 2. The molecule has 1 rings (SSSR count). The molecule has 0 aromatic heterocycles. The Labute approximate surface area is 73.8 Å². The first-order valence-corrected chi connectivity index (χ1v) is 2.19. The van der Waals surface area contributed by atoms with Gasteiger partial charge in [0.15, 0.2) is 0 Å². The van der Waals surface area contributed by atoms with Gasteiger partial charge in [-0.05, 0) is 0 Å². The first-order valence-electron chi connectivity index (χ1n) is 2.19. The Hall–Kier alpha value is -0.557. The van der Waals surface area contributed by atoms with Crippen LogP contribution >= 0.6 is 0 Å². The second-order valence-corrected chi connectivity index (χ2v) is 1.00. The van der Waals surface area contributed by atoms with Gasteiger partial charge in [0, 0.05) is 0 Å². The molecule has 0 unspecified atom stereocenters. The quantitative estimate of drug-likeness (QED) is 0.347. The van der Waals surface area contributed by atoms with Crippen LogP contribution in [0.2, 0.25) is 0 Å². The standard InChI is InChI=1S/C5H5.2CHO.Rh/c1-2-4-5-3-1;2*1-2;/h1-3H,4H2;2*1H;/q3*-1;+3. The third kappa shape index (κ3) is 15.7. The van der Waals surface area contributed by atoms with Crippen LogP contribution in [0, 0.1) is 6.08 Å². The van der Waals surface area contributed by atoms with Crippen LogP contribution in [-0.4, -0.2) is 13.6 Å². The summed E-state index contributed by atoms with van der Waals surface area (Å²) in [7, 11) is 0. The van der Waals surface area contributed by atoms with Crippen molar-refractivity contribution < 1.29 is 29.1 Å². The molecule has 0 aromatic carbocycles. The van der Waals surface area contributed by atoms with Crippen LogP contribution in [0.5, 0.6) is 0 Å². The van der Waals surface area contributed by atoms with Crippen molar-refractivity contribution >= 4 is 13.6 Å². The van der Waals surface area contributed by atoms with Crippen LogP contribution in [0.15, 0.2) is 18.2 Å². The number of hydrogen-bond acceptors (Lipinski definition) is 2. The zero-order valence-electron chi connectivity index (χ0n) is 5.24. The molecule has 1 aliphatic rings. The monoisotopic (exact) mass is 226 g/mol. The average Bonchev–Trinajstić information content (AvgIpc) is 2.51. The molecule has 56 valence electrons. The van der Waals surface area contributed by atoms with Gasteiger partial charge in [-0.15, -0.1) is 6.42 Å². The van der Waals surface area contributed by atoms with E-state index in [1.807, 2.05) is 12.2 Å². The molecule has 0 heterocycles. The molecule has 0 aromatic rings. The molecule has 1 aliphatic carbocycles. The van der Waals surface area contributed by atoms with Crippen molar-refractivity contribution in [3.8, 4) is 0 Å². The largest absolute Gasteiger partial charge is 3.00 e. The van der Waals surface area contributed by atoms with Gasteiger partial charge in [-0.3, -0.25) is 19.7 Å². The van der Waals surface area contributed by atoms with Gasteiger partial charge in [0.1, 0.15) is 0 Å². The van der Waals surface area contributed by atoms with E-state index in [9.17, 15) is 0 Å². The first kappa shape index (κ1) is 16.2. The van der Waals surface area contributed by atoms with Gasteiger partial charge in [-0.2, -0.15) is 6.08 Å². The predicted molar refractivity (Wildman–Crippen MR) is 35.1 cm³/mol. The summed E-state index contributed by atoms with van der Waals surface area (Å²) in [6, 6.07) is 0. The van der Waals surface area contributed by atoms with Crippen LogP contribution in [0.3, 0.4) is 0 Å². The van der Waals surface area contributed by atoms with Gasteiger partial charge in [0.2, 0.25) is 0 Å². The molecule has 2 nitrogen and oxygen atoms in total. The van der Waals surface area contributed by atoms with Gasteiger partial charge >= 0.3 is 19.5 Å². The van der Waals surface area contributed by atoms with Crippen molar-refractivity contribution in [3.63, 3.8) is 0 Å². The van der Waals surface area contributed by atoms with E-state index in [1.165, 1.54) is 0 Å². The van der Waals surface area contributed by atoms with Crippen LogP contribution in [0.25, 0.3) is 0 Å². The third-order valence-corrected chi connectivity index (χ3v) is 0.586. The van der Waals surface area contributed by atoms with Gasteiger partial charge in [-0.1, -0.05) is 0 Å². The van der Waals surface area contributed by atoms with E-state index in [0.717, 1.165) is 6.42 Å². The van der Waals surface area contributed by atoms with Gasteiger partial charge < -0.3 is 9.59 Å². The fraction of sp³-hybridized carbons (Fsp3) is 0.143. The molecule has 0 N–H and O–H groups in total. The molecular weight excluding hydrogens is 219 g/mol. The topological polar surface area (TPSA) is 34.1 Å². The van der Waals surface area contributed by atoms with E-state index in [0.29, 0.717) is 0 Å². The summed E-state index contributed by atoms with van der Waals surface area (Å²) in [5.41, 5.74) is 0. The maximum atomic E-state index is 7.75. The zero-order chi connectivity index (χ0) is 7.54. The Morgan fingerprint density at radius 3 is 1.80 bits per heavy atom. The second kappa shape index (κ2) is 23.7. The minimum absolute atomic E-state index is 0.